The molecule has 1 unspecified atom stereocenters. The van der Waals surface area contributed by atoms with Crippen molar-refractivity contribution in [2.24, 2.45) is 0 Å². The second kappa shape index (κ2) is 8.58. The molecule has 0 bridgehead atoms. The average molecular weight is 441 g/mol. The van der Waals surface area contributed by atoms with Crippen molar-refractivity contribution in [3.8, 4) is 0 Å². The Bertz CT molecular complexity index is 1270. The molecule has 1 N–H and O–H groups in total. The molecule has 5 heteroatoms. The van der Waals surface area contributed by atoms with Gasteiger partial charge in [0.2, 0.25) is 0 Å². The van der Waals surface area contributed by atoms with E-state index < -0.39 is 17.7 Å². The number of Topliss-reactive ketones (excluding diaryl/α,β-unsaturated/α-hetero) is 1. The first kappa shape index (κ1) is 22.3. The van der Waals surface area contributed by atoms with Crippen LogP contribution in [0.3, 0.4) is 0 Å². The molecule has 0 spiro atoms. The number of aryl methyl sites for hydroxylation is 3. The Hall–Kier alpha value is -3.86. The highest BCUT2D eigenvalue weighted by Gasteiger charge is 2.47. The minimum absolute atomic E-state index is 0.111. The summed E-state index contributed by atoms with van der Waals surface area (Å²) in [5.41, 5.74) is 5.81. The first-order valence-electron chi connectivity index (χ1n) is 10.9. The lowest BCUT2D eigenvalue weighted by Gasteiger charge is -2.27. The molecular weight excluding hydrogens is 412 g/mol. The van der Waals surface area contributed by atoms with Crippen molar-refractivity contribution in [3.63, 3.8) is 0 Å². The maximum Gasteiger partial charge on any atom is 0.300 e. The van der Waals surface area contributed by atoms with Crippen molar-refractivity contribution in [2.45, 2.75) is 26.8 Å². The van der Waals surface area contributed by atoms with E-state index in [2.05, 4.69) is 0 Å². The number of amides is 1. The highest BCUT2D eigenvalue weighted by molar-refractivity contribution is 6.51. The van der Waals surface area contributed by atoms with E-state index in [0.717, 1.165) is 27.9 Å². The fourth-order valence-electron chi connectivity index (χ4n) is 4.33. The lowest BCUT2D eigenvalue weighted by Crippen LogP contribution is -2.29. The standard InChI is InChI=1S/C28H28N2O3/c1-17-10-11-19(3)23(16-17)26(31)24-25(22-9-7-6-8-18(22)2)30(28(33)27(24)32)21-14-12-20(13-15-21)29(4)5/h6-16,25,31H,1-5H3/b26-24+. The van der Waals surface area contributed by atoms with Crippen LogP contribution in [-0.2, 0) is 9.59 Å². The Morgan fingerprint density at radius 2 is 1.55 bits per heavy atom. The van der Waals surface area contributed by atoms with Gasteiger partial charge in [0, 0.05) is 31.0 Å². The van der Waals surface area contributed by atoms with Crippen molar-refractivity contribution < 1.29 is 14.7 Å². The number of nitrogens with zero attached hydrogens (tertiary/aromatic N) is 2. The number of carbonyl (C=O) groups is 2. The van der Waals surface area contributed by atoms with Gasteiger partial charge in [-0.05, 0) is 67.8 Å². The Kier molecular flexibility index (Phi) is 5.81. The predicted octanol–water partition coefficient (Wildman–Crippen LogP) is 5.30. The largest absolute Gasteiger partial charge is 0.507 e. The van der Waals surface area contributed by atoms with E-state index in [-0.39, 0.29) is 11.3 Å². The van der Waals surface area contributed by atoms with Gasteiger partial charge < -0.3 is 10.0 Å². The summed E-state index contributed by atoms with van der Waals surface area (Å²) in [6.45, 7) is 5.76. The monoisotopic (exact) mass is 440 g/mol. The van der Waals surface area contributed by atoms with Gasteiger partial charge in [-0.2, -0.15) is 0 Å². The van der Waals surface area contributed by atoms with Crippen LogP contribution in [0.15, 0.2) is 72.3 Å². The van der Waals surface area contributed by atoms with Crippen LogP contribution in [0.4, 0.5) is 11.4 Å². The molecule has 1 fully saturated rings. The van der Waals surface area contributed by atoms with Crippen LogP contribution in [0.25, 0.3) is 5.76 Å². The van der Waals surface area contributed by atoms with E-state index in [9.17, 15) is 14.7 Å². The fraction of sp³-hybridized carbons (Fsp3) is 0.214. The van der Waals surface area contributed by atoms with Gasteiger partial charge in [0.1, 0.15) is 5.76 Å². The zero-order valence-corrected chi connectivity index (χ0v) is 19.6. The van der Waals surface area contributed by atoms with Gasteiger partial charge >= 0.3 is 0 Å². The minimum Gasteiger partial charge on any atom is -0.507 e. The van der Waals surface area contributed by atoms with E-state index in [0.29, 0.717) is 11.3 Å². The summed E-state index contributed by atoms with van der Waals surface area (Å²) < 4.78 is 0. The molecule has 1 aliphatic rings. The Labute approximate surface area is 194 Å². The third kappa shape index (κ3) is 3.91. The van der Waals surface area contributed by atoms with Crippen LogP contribution in [-0.4, -0.2) is 30.9 Å². The molecule has 1 saturated heterocycles. The number of aliphatic hydroxyl groups is 1. The van der Waals surface area contributed by atoms with Crippen molar-refractivity contribution in [3.05, 3.63) is 100 Å². The molecule has 0 saturated carbocycles. The van der Waals surface area contributed by atoms with Crippen molar-refractivity contribution >= 4 is 28.8 Å². The summed E-state index contributed by atoms with van der Waals surface area (Å²) in [6.07, 6.45) is 0. The SMILES string of the molecule is Cc1ccc(C)c(/C(O)=C2\C(=O)C(=O)N(c3ccc(N(C)C)cc3)C2c2ccccc2C)c1. The van der Waals surface area contributed by atoms with E-state index in [1.807, 2.05) is 106 Å². The molecule has 3 aromatic carbocycles. The summed E-state index contributed by atoms with van der Waals surface area (Å²) in [6, 6.07) is 20.1. The normalized spacial score (nSPS) is 17.5. The van der Waals surface area contributed by atoms with E-state index >= 15 is 0 Å². The number of benzene rings is 3. The van der Waals surface area contributed by atoms with Crippen molar-refractivity contribution in [1.82, 2.24) is 0 Å². The Balaban J connectivity index is 1.96. The summed E-state index contributed by atoms with van der Waals surface area (Å²) in [4.78, 5) is 30.2. The van der Waals surface area contributed by atoms with Crippen LogP contribution < -0.4 is 9.80 Å². The summed E-state index contributed by atoms with van der Waals surface area (Å²) in [7, 11) is 3.89. The highest BCUT2D eigenvalue weighted by Crippen LogP contribution is 2.43. The molecule has 1 atom stereocenters. The molecule has 1 heterocycles. The smallest absolute Gasteiger partial charge is 0.300 e. The van der Waals surface area contributed by atoms with Crippen LogP contribution in [0, 0.1) is 20.8 Å². The molecule has 168 valence electrons. The third-order valence-electron chi connectivity index (χ3n) is 6.22. The number of hydrogen-bond acceptors (Lipinski definition) is 4. The van der Waals surface area contributed by atoms with Gasteiger partial charge in [-0.3, -0.25) is 14.5 Å². The van der Waals surface area contributed by atoms with E-state index in [1.165, 1.54) is 4.90 Å². The van der Waals surface area contributed by atoms with Crippen molar-refractivity contribution in [2.75, 3.05) is 23.9 Å². The van der Waals surface area contributed by atoms with Crippen LogP contribution in [0.1, 0.15) is 33.9 Å². The Morgan fingerprint density at radius 3 is 2.18 bits per heavy atom. The van der Waals surface area contributed by atoms with Crippen LogP contribution in [0.2, 0.25) is 0 Å². The van der Waals surface area contributed by atoms with E-state index in [4.69, 9.17) is 0 Å². The number of rotatable bonds is 4. The summed E-state index contributed by atoms with van der Waals surface area (Å²) in [5, 5.41) is 11.4. The van der Waals surface area contributed by atoms with Gasteiger partial charge in [-0.25, -0.2) is 0 Å². The maximum atomic E-state index is 13.4. The van der Waals surface area contributed by atoms with Gasteiger partial charge in [-0.15, -0.1) is 0 Å². The van der Waals surface area contributed by atoms with Crippen LogP contribution in [0.5, 0.6) is 0 Å². The molecular formula is C28H28N2O3. The first-order chi connectivity index (χ1) is 15.7. The highest BCUT2D eigenvalue weighted by atomic mass is 16.3. The molecule has 4 rings (SSSR count). The molecule has 0 radical (unpaired) electrons. The molecule has 0 aromatic heterocycles. The number of carbonyl (C=O) groups excluding carboxylic acids is 2. The average Bonchev–Trinajstić information content (AvgIpc) is 3.05. The second-order valence-corrected chi connectivity index (χ2v) is 8.75. The molecule has 1 aliphatic heterocycles. The zero-order valence-electron chi connectivity index (χ0n) is 19.6. The van der Waals surface area contributed by atoms with Crippen LogP contribution >= 0.6 is 0 Å². The Morgan fingerprint density at radius 1 is 0.879 bits per heavy atom. The number of aliphatic hydroxyl groups excluding tert-OH is 1. The molecule has 33 heavy (non-hydrogen) atoms. The molecule has 1 amide bonds. The fourth-order valence-corrected chi connectivity index (χ4v) is 4.33. The van der Waals surface area contributed by atoms with Gasteiger partial charge in [-0.1, -0.05) is 42.0 Å². The van der Waals surface area contributed by atoms with Gasteiger partial charge in [0.05, 0.1) is 11.6 Å². The zero-order chi connectivity index (χ0) is 23.9. The van der Waals surface area contributed by atoms with Crippen molar-refractivity contribution in [1.29, 1.82) is 0 Å². The first-order valence-corrected chi connectivity index (χ1v) is 10.9. The maximum absolute atomic E-state index is 13.4. The van der Waals surface area contributed by atoms with Gasteiger partial charge in [0.15, 0.2) is 0 Å². The molecule has 0 aliphatic carbocycles. The molecule has 5 nitrogen and oxygen atoms in total. The lowest BCUT2D eigenvalue weighted by molar-refractivity contribution is -0.132. The summed E-state index contributed by atoms with van der Waals surface area (Å²) >= 11 is 0. The quantitative estimate of drug-likeness (QED) is 0.340. The van der Waals surface area contributed by atoms with E-state index in [1.54, 1.807) is 0 Å². The summed E-state index contributed by atoms with van der Waals surface area (Å²) in [5.74, 6) is -1.47. The lowest BCUT2D eigenvalue weighted by atomic mass is 9.91. The third-order valence-corrected chi connectivity index (χ3v) is 6.22. The number of anilines is 2. The predicted molar refractivity (Wildman–Crippen MR) is 133 cm³/mol. The topological polar surface area (TPSA) is 60.9 Å². The molecule has 3 aromatic rings. The number of hydrogen-bond donors (Lipinski definition) is 1. The minimum atomic E-state index is -0.726. The second-order valence-electron chi connectivity index (χ2n) is 8.75. The van der Waals surface area contributed by atoms with Gasteiger partial charge in [0.25, 0.3) is 11.7 Å². The number of ketones is 1.